The van der Waals surface area contributed by atoms with Gasteiger partial charge in [-0.3, -0.25) is 4.90 Å². The van der Waals surface area contributed by atoms with Crippen molar-refractivity contribution in [1.82, 2.24) is 4.90 Å². The van der Waals surface area contributed by atoms with Gasteiger partial charge < -0.3 is 20.4 Å². The van der Waals surface area contributed by atoms with Gasteiger partial charge in [0.25, 0.3) is 0 Å². The number of unbranched alkanes of at least 4 members (excludes halogenated alkanes) is 1. The standard InChI is InChI=1S/C10H21NO4/c1-2-3-4-11-5-7(13)10(15)9(11)8(14)6-12/h7-10,12-15H,2-6H2,1H3/t7-,8-,9-,10-/m1/s1. The van der Waals surface area contributed by atoms with Crippen molar-refractivity contribution < 1.29 is 20.4 Å². The average Bonchev–Trinajstić information content (AvgIpc) is 2.51. The number of aliphatic hydroxyl groups is 4. The van der Waals surface area contributed by atoms with E-state index in [0.29, 0.717) is 6.54 Å². The molecule has 15 heavy (non-hydrogen) atoms. The molecule has 1 rings (SSSR count). The number of hydrogen-bond donors (Lipinski definition) is 4. The van der Waals surface area contributed by atoms with E-state index < -0.39 is 31.0 Å². The Labute approximate surface area is 90.0 Å². The molecule has 0 unspecified atom stereocenters. The first-order valence-corrected chi connectivity index (χ1v) is 5.51. The molecule has 0 saturated carbocycles. The molecule has 1 aliphatic heterocycles. The normalized spacial score (nSPS) is 34.6. The average molecular weight is 219 g/mol. The summed E-state index contributed by atoms with van der Waals surface area (Å²) in [6, 6.07) is -0.545. The summed E-state index contributed by atoms with van der Waals surface area (Å²) in [4.78, 5) is 1.85. The molecular formula is C10H21NO4. The fourth-order valence-electron chi connectivity index (χ4n) is 2.09. The molecular weight excluding hydrogens is 198 g/mol. The predicted molar refractivity (Wildman–Crippen MR) is 55.4 cm³/mol. The van der Waals surface area contributed by atoms with Gasteiger partial charge in [-0.2, -0.15) is 0 Å². The van der Waals surface area contributed by atoms with Crippen LogP contribution in [0.25, 0.3) is 0 Å². The van der Waals surface area contributed by atoms with Crippen LogP contribution in [0.3, 0.4) is 0 Å². The first kappa shape index (κ1) is 12.9. The molecule has 4 N–H and O–H groups in total. The SMILES string of the molecule is CCCCN1C[C@@H](O)[C@@H](O)[C@H]1[C@H](O)CO. The monoisotopic (exact) mass is 219 g/mol. The van der Waals surface area contributed by atoms with Gasteiger partial charge in [0.05, 0.1) is 31.0 Å². The Hall–Kier alpha value is -0.200. The second-order valence-corrected chi connectivity index (χ2v) is 4.15. The zero-order valence-electron chi connectivity index (χ0n) is 9.08. The maximum absolute atomic E-state index is 9.67. The summed E-state index contributed by atoms with van der Waals surface area (Å²) in [5.41, 5.74) is 0. The van der Waals surface area contributed by atoms with Gasteiger partial charge in [0.2, 0.25) is 0 Å². The van der Waals surface area contributed by atoms with Crippen LogP contribution in [0.4, 0.5) is 0 Å². The number of likely N-dealkylation sites (tertiary alicyclic amines) is 1. The molecule has 0 aromatic carbocycles. The molecule has 4 atom stereocenters. The number of rotatable bonds is 5. The molecule has 1 saturated heterocycles. The van der Waals surface area contributed by atoms with E-state index in [0.717, 1.165) is 19.4 Å². The van der Waals surface area contributed by atoms with Gasteiger partial charge in [-0.25, -0.2) is 0 Å². The minimum atomic E-state index is -0.992. The third-order valence-electron chi connectivity index (χ3n) is 2.97. The molecule has 0 spiro atoms. The molecule has 0 aliphatic carbocycles. The van der Waals surface area contributed by atoms with E-state index in [4.69, 9.17) is 5.11 Å². The van der Waals surface area contributed by atoms with Crippen molar-refractivity contribution in [3.05, 3.63) is 0 Å². The summed E-state index contributed by atoms with van der Waals surface area (Å²) in [6.07, 6.45) is -0.815. The summed E-state index contributed by atoms with van der Waals surface area (Å²) < 4.78 is 0. The molecule has 5 heteroatoms. The predicted octanol–water partition coefficient (Wildman–Crippen LogP) is -1.45. The minimum absolute atomic E-state index is 0.364. The summed E-state index contributed by atoms with van der Waals surface area (Å²) in [7, 11) is 0. The van der Waals surface area contributed by atoms with Crippen LogP contribution in [0.15, 0.2) is 0 Å². The third-order valence-corrected chi connectivity index (χ3v) is 2.97. The van der Waals surface area contributed by atoms with E-state index in [1.807, 2.05) is 4.90 Å². The lowest BCUT2D eigenvalue weighted by Crippen LogP contribution is -2.47. The Morgan fingerprint density at radius 3 is 2.60 bits per heavy atom. The first-order chi connectivity index (χ1) is 7.11. The van der Waals surface area contributed by atoms with Crippen molar-refractivity contribution in [2.24, 2.45) is 0 Å². The summed E-state index contributed by atoms with van der Waals surface area (Å²) in [6.45, 7) is 2.76. The van der Waals surface area contributed by atoms with Gasteiger partial charge in [-0.15, -0.1) is 0 Å². The molecule has 1 aliphatic rings. The lowest BCUT2D eigenvalue weighted by molar-refractivity contribution is -0.0304. The van der Waals surface area contributed by atoms with Crippen LogP contribution in [-0.4, -0.2) is 69.4 Å². The van der Waals surface area contributed by atoms with Crippen LogP contribution in [0.1, 0.15) is 19.8 Å². The molecule has 0 bridgehead atoms. The lowest BCUT2D eigenvalue weighted by atomic mass is 10.1. The second kappa shape index (κ2) is 5.77. The van der Waals surface area contributed by atoms with Gasteiger partial charge in [-0.1, -0.05) is 13.3 Å². The highest BCUT2D eigenvalue weighted by molar-refractivity contribution is 4.96. The van der Waals surface area contributed by atoms with Crippen LogP contribution >= 0.6 is 0 Å². The summed E-state index contributed by atoms with van der Waals surface area (Å²) in [5, 5.41) is 37.6. The molecule has 90 valence electrons. The number of β-amino-alcohol motifs (C(OH)–C–C–N with tert-alkyl or cyclic N) is 1. The zero-order chi connectivity index (χ0) is 11.4. The van der Waals surface area contributed by atoms with Crippen molar-refractivity contribution >= 4 is 0 Å². The van der Waals surface area contributed by atoms with E-state index in [-0.39, 0.29) is 0 Å². The van der Waals surface area contributed by atoms with Crippen molar-refractivity contribution in [2.75, 3.05) is 19.7 Å². The molecule has 0 aromatic rings. The second-order valence-electron chi connectivity index (χ2n) is 4.15. The van der Waals surface area contributed by atoms with Crippen molar-refractivity contribution in [3.63, 3.8) is 0 Å². The Bertz CT molecular complexity index is 190. The quantitative estimate of drug-likeness (QED) is 0.454. The van der Waals surface area contributed by atoms with Crippen LogP contribution in [0.2, 0.25) is 0 Å². The zero-order valence-corrected chi connectivity index (χ0v) is 9.08. The van der Waals surface area contributed by atoms with Gasteiger partial charge in [0, 0.05) is 6.54 Å². The molecule has 0 amide bonds. The topological polar surface area (TPSA) is 84.2 Å². The van der Waals surface area contributed by atoms with Crippen LogP contribution in [-0.2, 0) is 0 Å². The van der Waals surface area contributed by atoms with E-state index >= 15 is 0 Å². The summed E-state index contributed by atoms with van der Waals surface area (Å²) >= 11 is 0. The number of hydrogen-bond acceptors (Lipinski definition) is 5. The van der Waals surface area contributed by atoms with Gasteiger partial charge in [0.15, 0.2) is 0 Å². The highest BCUT2D eigenvalue weighted by Gasteiger charge is 2.42. The minimum Gasteiger partial charge on any atom is -0.394 e. The summed E-state index contributed by atoms with van der Waals surface area (Å²) in [5.74, 6) is 0. The molecule has 1 heterocycles. The lowest BCUT2D eigenvalue weighted by Gasteiger charge is -2.28. The Kier molecular flexibility index (Phi) is 4.95. The highest BCUT2D eigenvalue weighted by Crippen LogP contribution is 2.21. The Balaban J connectivity index is 2.60. The van der Waals surface area contributed by atoms with E-state index in [2.05, 4.69) is 6.92 Å². The van der Waals surface area contributed by atoms with Crippen molar-refractivity contribution in [1.29, 1.82) is 0 Å². The fourth-order valence-corrected chi connectivity index (χ4v) is 2.09. The smallest absolute Gasteiger partial charge is 0.0992 e. The maximum Gasteiger partial charge on any atom is 0.0992 e. The van der Waals surface area contributed by atoms with Gasteiger partial charge in [0.1, 0.15) is 0 Å². The van der Waals surface area contributed by atoms with E-state index in [1.54, 1.807) is 0 Å². The van der Waals surface area contributed by atoms with E-state index in [1.165, 1.54) is 0 Å². The Morgan fingerprint density at radius 1 is 1.40 bits per heavy atom. The molecule has 0 radical (unpaired) electrons. The molecule has 1 fully saturated rings. The largest absolute Gasteiger partial charge is 0.394 e. The van der Waals surface area contributed by atoms with Gasteiger partial charge >= 0.3 is 0 Å². The fraction of sp³-hybridized carbons (Fsp3) is 1.00. The van der Waals surface area contributed by atoms with Crippen molar-refractivity contribution in [2.45, 2.75) is 44.1 Å². The van der Waals surface area contributed by atoms with Crippen molar-refractivity contribution in [3.8, 4) is 0 Å². The van der Waals surface area contributed by atoms with Gasteiger partial charge in [-0.05, 0) is 13.0 Å². The van der Waals surface area contributed by atoms with Crippen LogP contribution in [0.5, 0.6) is 0 Å². The van der Waals surface area contributed by atoms with Crippen LogP contribution < -0.4 is 0 Å². The maximum atomic E-state index is 9.67. The Morgan fingerprint density at radius 2 is 2.07 bits per heavy atom. The third kappa shape index (κ3) is 2.89. The first-order valence-electron chi connectivity index (χ1n) is 5.51. The molecule has 0 aromatic heterocycles. The number of aliphatic hydroxyl groups excluding tert-OH is 4. The highest BCUT2D eigenvalue weighted by atomic mass is 16.3. The van der Waals surface area contributed by atoms with Crippen LogP contribution in [0, 0.1) is 0 Å². The molecule has 5 nitrogen and oxygen atoms in total. The number of nitrogens with zero attached hydrogens (tertiary/aromatic N) is 1. The van der Waals surface area contributed by atoms with E-state index in [9.17, 15) is 15.3 Å².